The zero-order valence-corrected chi connectivity index (χ0v) is 17.0. The Kier molecular flexibility index (Phi) is 6.75. The molecule has 0 spiro atoms. The number of hydrogen-bond donors (Lipinski definition) is 1. The van der Waals surface area contributed by atoms with Crippen molar-refractivity contribution in [2.45, 2.75) is 13.3 Å². The fourth-order valence-corrected chi connectivity index (χ4v) is 2.93. The summed E-state index contributed by atoms with van der Waals surface area (Å²) in [6.45, 7) is 1.86. The van der Waals surface area contributed by atoms with Gasteiger partial charge in [-0.2, -0.15) is 0 Å². The molecule has 0 saturated carbocycles. The number of benzene rings is 2. The average Bonchev–Trinajstić information content (AvgIpc) is 2.71. The molecule has 1 N–H and O–H groups in total. The van der Waals surface area contributed by atoms with Gasteiger partial charge in [0, 0.05) is 41.7 Å². The summed E-state index contributed by atoms with van der Waals surface area (Å²) in [6.07, 6.45) is 7.81. The SMILES string of the molecule is Cc1ccc(C(=O)Cc2ccc(Cl)c(Cl)c2)cc1NC(=O)/C=C/c1cncnc1. The van der Waals surface area contributed by atoms with Crippen LogP contribution in [0, 0.1) is 6.92 Å². The number of nitrogens with one attached hydrogen (secondary N) is 1. The number of Topliss-reactive ketones (excluding diaryl/α,β-unsaturated/α-hetero) is 1. The lowest BCUT2D eigenvalue weighted by molar-refractivity contribution is -0.111. The molecule has 1 aromatic heterocycles. The Balaban J connectivity index is 1.71. The monoisotopic (exact) mass is 425 g/mol. The molecule has 3 aromatic rings. The van der Waals surface area contributed by atoms with Crippen LogP contribution in [0.3, 0.4) is 0 Å². The highest BCUT2D eigenvalue weighted by atomic mass is 35.5. The molecular formula is C22H17Cl2N3O2. The maximum absolute atomic E-state index is 12.7. The number of aryl methyl sites for hydroxylation is 1. The quantitative estimate of drug-likeness (QED) is 0.436. The van der Waals surface area contributed by atoms with E-state index in [0.29, 0.717) is 26.9 Å². The van der Waals surface area contributed by atoms with Crippen molar-refractivity contribution in [3.05, 3.63) is 93.5 Å². The summed E-state index contributed by atoms with van der Waals surface area (Å²) < 4.78 is 0. The minimum Gasteiger partial charge on any atom is -0.322 e. The van der Waals surface area contributed by atoms with Crippen LogP contribution >= 0.6 is 23.2 Å². The minimum absolute atomic E-state index is 0.0872. The second-order valence-electron chi connectivity index (χ2n) is 6.37. The van der Waals surface area contributed by atoms with Gasteiger partial charge in [-0.05, 0) is 42.3 Å². The standard InChI is InChI=1S/C22H17Cl2N3O2/c1-14-2-5-17(21(28)9-15-3-6-18(23)19(24)8-15)10-20(14)27-22(29)7-4-16-11-25-13-26-12-16/h2-8,10-13H,9H2,1H3,(H,27,29)/b7-4+. The van der Waals surface area contributed by atoms with E-state index in [1.54, 1.807) is 54.9 Å². The first kappa shape index (κ1) is 20.7. The highest BCUT2D eigenvalue weighted by Crippen LogP contribution is 2.24. The van der Waals surface area contributed by atoms with Gasteiger partial charge in [-0.15, -0.1) is 0 Å². The Morgan fingerprint density at radius 2 is 1.79 bits per heavy atom. The first-order valence-electron chi connectivity index (χ1n) is 8.74. The highest BCUT2D eigenvalue weighted by Gasteiger charge is 2.11. The van der Waals surface area contributed by atoms with Gasteiger partial charge in [-0.25, -0.2) is 9.97 Å². The first-order chi connectivity index (χ1) is 13.9. The van der Waals surface area contributed by atoms with Gasteiger partial charge in [0.25, 0.3) is 0 Å². The van der Waals surface area contributed by atoms with E-state index >= 15 is 0 Å². The molecule has 0 atom stereocenters. The molecular weight excluding hydrogens is 409 g/mol. The molecule has 0 bridgehead atoms. The van der Waals surface area contributed by atoms with Crippen LogP contribution in [0.25, 0.3) is 6.08 Å². The number of hydrogen-bond acceptors (Lipinski definition) is 4. The minimum atomic E-state index is -0.314. The van der Waals surface area contributed by atoms with Crippen molar-refractivity contribution >= 4 is 46.7 Å². The van der Waals surface area contributed by atoms with E-state index in [0.717, 1.165) is 11.1 Å². The number of nitrogens with zero attached hydrogens (tertiary/aromatic N) is 2. The van der Waals surface area contributed by atoms with Crippen LogP contribution in [-0.2, 0) is 11.2 Å². The number of anilines is 1. The van der Waals surface area contributed by atoms with Gasteiger partial charge in [0.1, 0.15) is 6.33 Å². The molecule has 0 saturated heterocycles. The van der Waals surface area contributed by atoms with Crippen molar-refractivity contribution in [2.24, 2.45) is 0 Å². The molecule has 29 heavy (non-hydrogen) atoms. The highest BCUT2D eigenvalue weighted by molar-refractivity contribution is 6.42. The van der Waals surface area contributed by atoms with Crippen molar-refractivity contribution in [2.75, 3.05) is 5.32 Å². The normalized spacial score (nSPS) is 10.9. The Labute approximate surface area is 178 Å². The van der Waals surface area contributed by atoms with Gasteiger partial charge in [-0.3, -0.25) is 9.59 Å². The Morgan fingerprint density at radius 1 is 1.03 bits per heavy atom. The topological polar surface area (TPSA) is 72.0 Å². The third-order valence-corrected chi connectivity index (χ3v) is 4.91. The molecule has 2 aromatic carbocycles. The van der Waals surface area contributed by atoms with Crippen molar-refractivity contribution in [1.29, 1.82) is 0 Å². The number of rotatable bonds is 6. The van der Waals surface area contributed by atoms with Gasteiger partial charge < -0.3 is 5.32 Å². The van der Waals surface area contributed by atoms with Crippen molar-refractivity contribution in [1.82, 2.24) is 9.97 Å². The number of aromatic nitrogens is 2. The van der Waals surface area contributed by atoms with Crippen molar-refractivity contribution in [3.8, 4) is 0 Å². The first-order valence-corrected chi connectivity index (χ1v) is 9.50. The molecule has 0 radical (unpaired) electrons. The molecule has 0 aliphatic heterocycles. The molecule has 146 valence electrons. The van der Waals surface area contributed by atoms with Gasteiger partial charge in [0.15, 0.2) is 5.78 Å². The van der Waals surface area contributed by atoms with E-state index in [4.69, 9.17) is 23.2 Å². The van der Waals surface area contributed by atoms with Crippen LogP contribution < -0.4 is 5.32 Å². The average molecular weight is 426 g/mol. The van der Waals surface area contributed by atoms with Crippen LogP contribution in [0.2, 0.25) is 10.0 Å². The molecule has 7 heteroatoms. The molecule has 1 amide bonds. The van der Waals surface area contributed by atoms with Crippen LogP contribution in [0.4, 0.5) is 5.69 Å². The van der Waals surface area contributed by atoms with Crippen molar-refractivity contribution < 1.29 is 9.59 Å². The maximum atomic E-state index is 12.7. The Morgan fingerprint density at radius 3 is 2.52 bits per heavy atom. The zero-order chi connectivity index (χ0) is 20.8. The molecule has 5 nitrogen and oxygen atoms in total. The summed E-state index contributed by atoms with van der Waals surface area (Å²) >= 11 is 11.9. The molecule has 0 aliphatic rings. The Bertz CT molecular complexity index is 1080. The number of ketones is 1. The molecule has 0 aliphatic carbocycles. The lowest BCUT2D eigenvalue weighted by Gasteiger charge is -2.09. The number of halogens is 2. The smallest absolute Gasteiger partial charge is 0.248 e. The van der Waals surface area contributed by atoms with E-state index in [-0.39, 0.29) is 18.1 Å². The fourth-order valence-electron chi connectivity index (χ4n) is 2.61. The summed E-state index contributed by atoms with van der Waals surface area (Å²) in [7, 11) is 0. The second-order valence-corrected chi connectivity index (χ2v) is 7.19. The summed E-state index contributed by atoms with van der Waals surface area (Å²) in [5, 5.41) is 3.65. The fraction of sp³-hybridized carbons (Fsp3) is 0.0909. The predicted octanol–water partition coefficient (Wildman–Crippen LogP) is 5.17. The molecule has 0 fully saturated rings. The van der Waals surface area contributed by atoms with Crippen molar-refractivity contribution in [3.63, 3.8) is 0 Å². The largest absolute Gasteiger partial charge is 0.322 e. The van der Waals surface area contributed by atoms with Crippen LogP contribution in [0.5, 0.6) is 0 Å². The predicted molar refractivity (Wildman–Crippen MR) is 115 cm³/mol. The lowest BCUT2D eigenvalue weighted by atomic mass is 10.0. The molecule has 0 unspecified atom stereocenters. The van der Waals surface area contributed by atoms with Gasteiger partial charge in [0.2, 0.25) is 5.91 Å². The van der Waals surface area contributed by atoms with Crippen LogP contribution in [-0.4, -0.2) is 21.7 Å². The summed E-state index contributed by atoms with van der Waals surface area (Å²) in [5.41, 5.74) is 3.40. The van der Waals surface area contributed by atoms with E-state index in [2.05, 4.69) is 15.3 Å². The van der Waals surface area contributed by atoms with E-state index in [1.807, 2.05) is 6.92 Å². The third kappa shape index (κ3) is 5.73. The number of carbonyl (C=O) groups excluding carboxylic acids is 2. The molecule has 1 heterocycles. The van der Waals surface area contributed by atoms with Gasteiger partial charge >= 0.3 is 0 Å². The number of amides is 1. The third-order valence-electron chi connectivity index (χ3n) is 4.17. The van der Waals surface area contributed by atoms with Gasteiger partial charge in [-0.1, -0.05) is 41.4 Å². The summed E-state index contributed by atoms with van der Waals surface area (Å²) in [4.78, 5) is 32.7. The lowest BCUT2D eigenvalue weighted by Crippen LogP contribution is -2.11. The number of carbonyl (C=O) groups is 2. The second kappa shape index (κ2) is 9.45. The maximum Gasteiger partial charge on any atom is 0.248 e. The Hall–Kier alpha value is -3.02. The van der Waals surface area contributed by atoms with Crippen LogP contribution in [0.1, 0.15) is 27.0 Å². The van der Waals surface area contributed by atoms with E-state index < -0.39 is 0 Å². The molecule has 3 rings (SSSR count). The van der Waals surface area contributed by atoms with E-state index in [1.165, 1.54) is 12.4 Å². The van der Waals surface area contributed by atoms with Gasteiger partial charge in [0.05, 0.1) is 10.0 Å². The van der Waals surface area contributed by atoms with E-state index in [9.17, 15) is 9.59 Å². The zero-order valence-electron chi connectivity index (χ0n) is 15.5. The summed E-state index contributed by atoms with van der Waals surface area (Å²) in [6, 6.07) is 10.3. The van der Waals surface area contributed by atoms with Crippen LogP contribution in [0.15, 0.2) is 61.2 Å². The summed E-state index contributed by atoms with van der Waals surface area (Å²) in [5.74, 6) is -0.401.